The molecule has 2 N–H and O–H groups in total. The van der Waals surface area contributed by atoms with Crippen LogP contribution in [0.25, 0.3) is 10.9 Å². The van der Waals surface area contributed by atoms with Gasteiger partial charge in [0.05, 0.1) is 23.4 Å². The number of fused-ring (bicyclic) bond motifs is 1. The summed E-state index contributed by atoms with van der Waals surface area (Å²) >= 11 is 0. The predicted octanol–water partition coefficient (Wildman–Crippen LogP) is 2.53. The third-order valence-electron chi connectivity index (χ3n) is 4.20. The van der Waals surface area contributed by atoms with E-state index in [0.717, 1.165) is 16.6 Å². The van der Waals surface area contributed by atoms with Crippen molar-refractivity contribution in [2.24, 2.45) is 11.7 Å². The number of hydrogen-bond acceptors (Lipinski definition) is 3. The van der Waals surface area contributed by atoms with Crippen molar-refractivity contribution in [3.05, 3.63) is 60.0 Å². The molecule has 4 rings (SSSR count). The van der Waals surface area contributed by atoms with Crippen molar-refractivity contribution >= 4 is 16.8 Å². The third-order valence-corrected chi connectivity index (χ3v) is 4.20. The van der Waals surface area contributed by atoms with Crippen molar-refractivity contribution in [3.8, 4) is 0 Å². The van der Waals surface area contributed by atoms with Crippen LogP contribution in [0, 0.1) is 5.92 Å². The highest BCUT2D eigenvalue weighted by Gasteiger charge is 2.35. The minimum absolute atomic E-state index is 0.151. The molecule has 5 heteroatoms. The molecule has 2 aromatic heterocycles. The first kappa shape index (κ1) is 13.0. The van der Waals surface area contributed by atoms with Gasteiger partial charge in [0, 0.05) is 17.1 Å². The van der Waals surface area contributed by atoms with Crippen molar-refractivity contribution in [2.45, 2.75) is 18.9 Å². The number of carbonyl (C=O) groups is 1. The van der Waals surface area contributed by atoms with Crippen LogP contribution >= 0.6 is 0 Å². The van der Waals surface area contributed by atoms with Gasteiger partial charge in [-0.2, -0.15) is 5.10 Å². The van der Waals surface area contributed by atoms with E-state index in [-0.39, 0.29) is 6.04 Å². The summed E-state index contributed by atoms with van der Waals surface area (Å²) in [4.78, 5) is 15.8. The van der Waals surface area contributed by atoms with Gasteiger partial charge in [0.25, 0.3) is 0 Å². The van der Waals surface area contributed by atoms with Crippen LogP contribution in [0.5, 0.6) is 0 Å². The zero-order valence-electron chi connectivity index (χ0n) is 12.0. The number of amides is 1. The summed E-state index contributed by atoms with van der Waals surface area (Å²) in [5.74, 6) is 0.159. The molecule has 1 saturated carbocycles. The molecule has 0 saturated heterocycles. The van der Waals surface area contributed by atoms with Gasteiger partial charge in [0.2, 0.25) is 5.91 Å². The summed E-state index contributed by atoms with van der Waals surface area (Å²) in [6, 6.07) is 11.6. The summed E-state index contributed by atoms with van der Waals surface area (Å²) in [7, 11) is 0. The second kappa shape index (κ2) is 4.94. The van der Waals surface area contributed by atoms with Gasteiger partial charge in [-0.05, 0) is 49.1 Å². The molecule has 1 atom stereocenters. The normalized spacial score (nSPS) is 15.8. The summed E-state index contributed by atoms with van der Waals surface area (Å²) in [5.41, 5.74) is 7.89. The van der Waals surface area contributed by atoms with Gasteiger partial charge in [-0.15, -0.1) is 0 Å². The van der Waals surface area contributed by atoms with Gasteiger partial charge in [0.15, 0.2) is 0 Å². The van der Waals surface area contributed by atoms with Crippen LogP contribution in [-0.4, -0.2) is 20.7 Å². The van der Waals surface area contributed by atoms with Gasteiger partial charge in [-0.25, -0.2) is 0 Å². The van der Waals surface area contributed by atoms with Crippen molar-refractivity contribution in [2.75, 3.05) is 0 Å². The molecule has 1 amide bonds. The molecule has 5 nitrogen and oxygen atoms in total. The number of benzene rings is 1. The fourth-order valence-corrected chi connectivity index (χ4v) is 2.96. The van der Waals surface area contributed by atoms with E-state index in [4.69, 9.17) is 5.73 Å². The van der Waals surface area contributed by atoms with Gasteiger partial charge in [0.1, 0.15) is 0 Å². The number of nitrogens with zero attached hydrogens (tertiary/aromatic N) is 3. The van der Waals surface area contributed by atoms with Crippen molar-refractivity contribution < 1.29 is 4.79 Å². The molecule has 0 radical (unpaired) electrons. The average Bonchev–Trinajstić information content (AvgIpc) is 3.28. The minimum Gasteiger partial charge on any atom is -0.366 e. The highest BCUT2D eigenvalue weighted by Crippen LogP contribution is 2.43. The largest absolute Gasteiger partial charge is 0.366 e. The molecule has 0 spiro atoms. The zero-order chi connectivity index (χ0) is 15.1. The van der Waals surface area contributed by atoms with E-state index in [1.165, 1.54) is 12.8 Å². The maximum Gasteiger partial charge on any atom is 0.248 e. The van der Waals surface area contributed by atoms with Crippen LogP contribution < -0.4 is 5.73 Å². The lowest BCUT2D eigenvalue weighted by Crippen LogP contribution is -2.15. The van der Waals surface area contributed by atoms with Gasteiger partial charge in [-0.3, -0.25) is 14.5 Å². The van der Waals surface area contributed by atoms with Crippen molar-refractivity contribution in [3.63, 3.8) is 0 Å². The molecular weight excluding hydrogens is 276 g/mol. The van der Waals surface area contributed by atoms with E-state index in [0.29, 0.717) is 11.5 Å². The molecule has 22 heavy (non-hydrogen) atoms. The second-order valence-corrected chi connectivity index (χ2v) is 5.76. The summed E-state index contributed by atoms with van der Waals surface area (Å²) in [5, 5.41) is 5.49. The molecule has 0 unspecified atom stereocenters. The quantitative estimate of drug-likeness (QED) is 0.803. The molecule has 3 aromatic rings. The fourth-order valence-electron chi connectivity index (χ4n) is 2.96. The number of primary amides is 1. The molecular formula is C17H16N4O. The van der Waals surface area contributed by atoms with Crippen LogP contribution in [0.2, 0.25) is 0 Å². The summed E-state index contributed by atoms with van der Waals surface area (Å²) < 4.78 is 2.03. The SMILES string of the molecule is NC(=O)c1ccc2c(cnn2[C@H](c2ccccn2)C2CC2)c1. The Morgan fingerprint density at radius 1 is 1.27 bits per heavy atom. The Bertz CT molecular complexity index is 836. The highest BCUT2D eigenvalue weighted by atomic mass is 16.1. The maximum atomic E-state index is 11.3. The number of nitrogens with two attached hydrogens (primary N) is 1. The summed E-state index contributed by atoms with van der Waals surface area (Å²) in [6.45, 7) is 0. The third kappa shape index (κ3) is 2.15. The molecule has 1 aliphatic rings. The van der Waals surface area contributed by atoms with E-state index in [9.17, 15) is 4.79 Å². The van der Waals surface area contributed by atoms with Gasteiger partial charge >= 0.3 is 0 Å². The molecule has 1 fully saturated rings. The Labute approximate surface area is 127 Å². The van der Waals surface area contributed by atoms with Crippen LogP contribution in [0.3, 0.4) is 0 Å². The van der Waals surface area contributed by atoms with Gasteiger partial charge in [-0.1, -0.05) is 6.07 Å². The lowest BCUT2D eigenvalue weighted by Gasteiger charge is -2.17. The second-order valence-electron chi connectivity index (χ2n) is 5.76. The number of rotatable bonds is 4. The lowest BCUT2D eigenvalue weighted by atomic mass is 10.1. The van der Waals surface area contributed by atoms with Crippen LogP contribution in [0.15, 0.2) is 48.8 Å². The molecule has 0 aliphatic heterocycles. The lowest BCUT2D eigenvalue weighted by molar-refractivity contribution is 0.100. The van der Waals surface area contributed by atoms with E-state index in [1.807, 2.05) is 35.1 Å². The number of carbonyl (C=O) groups excluding carboxylic acids is 1. The van der Waals surface area contributed by atoms with Gasteiger partial charge < -0.3 is 5.73 Å². The van der Waals surface area contributed by atoms with Crippen molar-refractivity contribution in [1.82, 2.24) is 14.8 Å². The van der Waals surface area contributed by atoms with Crippen LogP contribution in [-0.2, 0) is 0 Å². The molecule has 0 bridgehead atoms. The maximum absolute atomic E-state index is 11.3. The van der Waals surface area contributed by atoms with E-state index < -0.39 is 5.91 Å². The van der Waals surface area contributed by atoms with Crippen LogP contribution in [0.4, 0.5) is 0 Å². The molecule has 1 aliphatic carbocycles. The topological polar surface area (TPSA) is 73.8 Å². The zero-order valence-corrected chi connectivity index (χ0v) is 12.0. The Kier molecular flexibility index (Phi) is 2.92. The summed E-state index contributed by atoms with van der Waals surface area (Å²) in [6.07, 6.45) is 6.01. The smallest absolute Gasteiger partial charge is 0.248 e. The Morgan fingerprint density at radius 2 is 2.14 bits per heavy atom. The van der Waals surface area contributed by atoms with E-state index in [2.05, 4.69) is 10.1 Å². The number of pyridine rings is 1. The number of aromatic nitrogens is 3. The first-order valence-corrected chi connectivity index (χ1v) is 7.42. The standard InChI is InChI=1S/C17H16N4O/c18-17(22)12-6-7-15-13(9-12)10-20-21(15)16(11-4-5-11)14-3-1-2-8-19-14/h1-3,6-11,16H,4-5H2,(H2,18,22)/t16-/m0/s1. The first-order valence-electron chi connectivity index (χ1n) is 7.42. The fraction of sp³-hybridized carbons (Fsp3) is 0.235. The van der Waals surface area contributed by atoms with E-state index in [1.54, 1.807) is 18.3 Å². The average molecular weight is 292 g/mol. The Balaban J connectivity index is 1.83. The molecule has 2 heterocycles. The molecule has 1 aromatic carbocycles. The Hall–Kier alpha value is -2.69. The van der Waals surface area contributed by atoms with Crippen molar-refractivity contribution in [1.29, 1.82) is 0 Å². The van der Waals surface area contributed by atoms with E-state index >= 15 is 0 Å². The Morgan fingerprint density at radius 3 is 2.82 bits per heavy atom. The van der Waals surface area contributed by atoms with Crippen LogP contribution in [0.1, 0.15) is 34.9 Å². The number of hydrogen-bond donors (Lipinski definition) is 1. The first-order chi connectivity index (χ1) is 10.7. The monoisotopic (exact) mass is 292 g/mol. The predicted molar refractivity (Wildman–Crippen MR) is 83.4 cm³/mol. The minimum atomic E-state index is -0.418. The molecule has 110 valence electrons. The highest BCUT2D eigenvalue weighted by molar-refractivity contribution is 5.96.